The molecule has 0 spiro atoms. The average molecular weight is 517 g/mol. The molecule has 0 saturated carbocycles. The summed E-state index contributed by atoms with van der Waals surface area (Å²) in [4.78, 5) is 39.0. The van der Waals surface area contributed by atoms with Crippen molar-refractivity contribution >= 4 is 33.7 Å². The van der Waals surface area contributed by atoms with Gasteiger partial charge in [0.25, 0.3) is 5.91 Å². The third-order valence-corrected chi connectivity index (χ3v) is 6.02. The van der Waals surface area contributed by atoms with Crippen LogP contribution in [0.4, 0.5) is 0 Å². The lowest BCUT2D eigenvalue weighted by Crippen LogP contribution is -2.58. The SMILES string of the molecule is CC(C)(C)c1ccc(OCC(=O)N2CCNC(=O)C2CC(=O)OCc2ccccc2)c(Br)c1. The fourth-order valence-corrected chi connectivity index (χ4v) is 3.97. The standard InChI is InChI=1S/C25H29BrN2O5/c1-25(2,3)18-9-10-21(19(26)13-18)32-16-22(29)28-12-11-27-24(31)20(28)14-23(30)33-15-17-7-5-4-6-8-17/h4-10,13,20H,11-12,14-16H2,1-3H3,(H,27,31). The van der Waals surface area contributed by atoms with Crippen molar-refractivity contribution in [3.63, 3.8) is 0 Å². The number of carbonyl (C=O) groups excluding carboxylic acids is 3. The van der Waals surface area contributed by atoms with Gasteiger partial charge in [0.05, 0.1) is 10.9 Å². The van der Waals surface area contributed by atoms with E-state index in [2.05, 4.69) is 42.0 Å². The summed E-state index contributed by atoms with van der Waals surface area (Å²) < 4.78 is 11.8. The molecule has 1 fully saturated rings. The Bertz CT molecular complexity index is 1000. The molecule has 7 nitrogen and oxygen atoms in total. The van der Waals surface area contributed by atoms with Gasteiger partial charge >= 0.3 is 5.97 Å². The van der Waals surface area contributed by atoms with Crippen LogP contribution in [-0.2, 0) is 31.1 Å². The summed E-state index contributed by atoms with van der Waals surface area (Å²) in [6, 6.07) is 14.1. The average Bonchev–Trinajstić information content (AvgIpc) is 2.78. The van der Waals surface area contributed by atoms with Crippen LogP contribution in [0.5, 0.6) is 5.75 Å². The molecule has 2 amide bonds. The number of hydrogen-bond donors (Lipinski definition) is 1. The maximum atomic E-state index is 12.9. The first-order valence-corrected chi connectivity index (χ1v) is 11.6. The second-order valence-corrected chi connectivity index (χ2v) is 9.78. The van der Waals surface area contributed by atoms with E-state index in [0.717, 1.165) is 15.6 Å². The minimum absolute atomic E-state index is 0.0135. The van der Waals surface area contributed by atoms with E-state index in [-0.39, 0.29) is 36.9 Å². The largest absolute Gasteiger partial charge is 0.483 e. The number of carbonyl (C=O) groups is 3. The highest BCUT2D eigenvalue weighted by Gasteiger charge is 2.35. The highest BCUT2D eigenvalue weighted by molar-refractivity contribution is 9.10. The second-order valence-electron chi connectivity index (χ2n) is 8.93. The number of ether oxygens (including phenoxy) is 2. The molecule has 1 unspecified atom stereocenters. The summed E-state index contributed by atoms with van der Waals surface area (Å²) in [7, 11) is 0. The molecule has 176 valence electrons. The highest BCUT2D eigenvalue weighted by Crippen LogP contribution is 2.31. The number of esters is 1. The quantitative estimate of drug-likeness (QED) is 0.568. The predicted octanol–water partition coefficient (Wildman–Crippen LogP) is 3.59. The van der Waals surface area contributed by atoms with Crippen LogP contribution in [-0.4, -0.2) is 48.4 Å². The van der Waals surface area contributed by atoms with Crippen molar-refractivity contribution in [2.45, 2.75) is 45.3 Å². The molecule has 0 aromatic heterocycles. The Labute approximate surface area is 202 Å². The molecule has 1 aliphatic rings. The van der Waals surface area contributed by atoms with Crippen LogP contribution in [0.3, 0.4) is 0 Å². The summed E-state index contributed by atoms with van der Waals surface area (Å²) in [5, 5.41) is 2.71. The van der Waals surface area contributed by atoms with Crippen LogP contribution < -0.4 is 10.1 Å². The van der Waals surface area contributed by atoms with Gasteiger partial charge in [0.2, 0.25) is 5.91 Å². The van der Waals surface area contributed by atoms with E-state index >= 15 is 0 Å². The molecule has 0 radical (unpaired) electrons. The van der Waals surface area contributed by atoms with E-state index in [4.69, 9.17) is 9.47 Å². The van der Waals surface area contributed by atoms with E-state index in [1.54, 1.807) is 0 Å². The molecule has 33 heavy (non-hydrogen) atoms. The van der Waals surface area contributed by atoms with Crippen LogP contribution in [0, 0.1) is 0 Å². The number of rotatable bonds is 7. The third kappa shape index (κ3) is 6.81. The van der Waals surface area contributed by atoms with Crippen molar-refractivity contribution in [3.8, 4) is 5.75 Å². The van der Waals surface area contributed by atoms with Gasteiger partial charge in [-0.1, -0.05) is 57.2 Å². The van der Waals surface area contributed by atoms with Gasteiger partial charge in [-0.2, -0.15) is 0 Å². The summed E-state index contributed by atoms with van der Waals surface area (Å²) in [5.41, 5.74) is 1.97. The monoisotopic (exact) mass is 516 g/mol. The molecule has 8 heteroatoms. The van der Waals surface area contributed by atoms with Gasteiger partial charge in [-0.15, -0.1) is 0 Å². The van der Waals surface area contributed by atoms with E-state index in [0.29, 0.717) is 18.8 Å². The molecule has 0 bridgehead atoms. The number of benzene rings is 2. The van der Waals surface area contributed by atoms with Gasteiger partial charge in [0.1, 0.15) is 18.4 Å². The molecule has 1 N–H and O–H groups in total. The van der Waals surface area contributed by atoms with Crippen LogP contribution in [0.2, 0.25) is 0 Å². The molecule has 2 aromatic rings. The maximum absolute atomic E-state index is 12.9. The van der Waals surface area contributed by atoms with E-state index < -0.39 is 12.0 Å². The van der Waals surface area contributed by atoms with Gasteiger partial charge in [-0.25, -0.2) is 0 Å². The topological polar surface area (TPSA) is 84.9 Å². The first-order valence-electron chi connectivity index (χ1n) is 10.8. The van der Waals surface area contributed by atoms with Crippen molar-refractivity contribution in [2.24, 2.45) is 0 Å². The molecular weight excluding hydrogens is 488 g/mol. The number of piperazine rings is 1. The summed E-state index contributed by atoms with van der Waals surface area (Å²) in [6.45, 7) is 6.85. The van der Waals surface area contributed by atoms with Gasteiger partial charge in [-0.05, 0) is 44.6 Å². The molecular formula is C25H29BrN2O5. The molecule has 0 aliphatic carbocycles. The second kappa shape index (κ2) is 10.8. The predicted molar refractivity (Wildman–Crippen MR) is 128 cm³/mol. The minimum atomic E-state index is -0.926. The van der Waals surface area contributed by atoms with Crippen LogP contribution >= 0.6 is 15.9 Å². The zero-order chi connectivity index (χ0) is 24.0. The lowest BCUT2D eigenvalue weighted by atomic mass is 9.87. The van der Waals surface area contributed by atoms with Crippen molar-refractivity contribution < 1.29 is 23.9 Å². The Balaban J connectivity index is 1.59. The van der Waals surface area contributed by atoms with Gasteiger partial charge < -0.3 is 19.7 Å². The zero-order valence-electron chi connectivity index (χ0n) is 19.1. The third-order valence-electron chi connectivity index (χ3n) is 5.40. The first kappa shape index (κ1) is 24.8. The zero-order valence-corrected chi connectivity index (χ0v) is 20.7. The molecule has 3 rings (SSSR count). The van der Waals surface area contributed by atoms with Gasteiger partial charge in [0.15, 0.2) is 6.61 Å². The number of amides is 2. The van der Waals surface area contributed by atoms with Crippen molar-refractivity contribution in [1.29, 1.82) is 0 Å². The van der Waals surface area contributed by atoms with E-state index in [9.17, 15) is 14.4 Å². The Morgan fingerprint density at radius 1 is 1.15 bits per heavy atom. The summed E-state index contributed by atoms with van der Waals surface area (Å²) in [6.07, 6.45) is -0.214. The molecule has 2 aromatic carbocycles. The first-order chi connectivity index (χ1) is 15.6. The Morgan fingerprint density at radius 2 is 1.88 bits per heavy atom. The molecule has 1 saturated heterocycles. The lowest BCUT2D eigenvalue weighted by molar-refractivity contribution is -0.153. The summed E-state index contributed by atoms with van der Waals surface area (Å²) in [5.74, 6) is -0.740. The number of nitrogens with one attached hydrogen (secondary N) is 1. The normalized spacial score (nSPS) is 16.2. The van der Waals surface area contributed by atoms with Gasteiger partial charge in [0, 0.05) is 13.1 Å². The number of nitrogens with zero attached hydrogens (tertiary/aromatic N) is 1. The van der Waals surface area contributed by atoms with Crippen molar-refractivity contribution in [3.05, 3.63) is 64.1 Å². The van der Waals surface area contributed by atoms with Crippen molar-refractivity contribution in [1.82, 2.24) is 10.2 Å². The maximum Gasteiger partial charge on any atom is 0.308 e. The van der Waals surface area contributed by atoms with Crippen molar-refractivity contribution in [2.75, 3.05) is 19.7 Å². The molecule has 1 atom stereocenters. The van der Waals surface area contributed by atoms with Crippen LogP contribution in [0.1, 0.15) is 38.3 Å². The van der Waals surface area contributed by atoms with E-state index in [1.165, 1.54) is 4.90 Å². The van der Waals surface area contributed by atoms with E-state index in [1.807, 2.05) is 48.5 Å². The smallest absolute Gasteiger partial charge is 0.308 e. The number of hydrogen-bond acceptors (Lipinski definition) is 5. The fourth-order valence-electron chi connectivity index (χ4n) is 3.48. The Hall–Kier alpha value is -2.87. The van der Waals surface area contributed by atoms with Crippen LogP contribution in [0.15, 0.2) is 53.0 Å². The highest BCUT2D eigenvalue weighted by atomic mass is 79.9. The summed E-state index contributed by atoms with van der Waals surface area (Å²) >= 11 is 3.50. The van der Waals surface area contributed by atoms with Gasteiger partial charge in [-0.3, -0.25) is 14.4 Å². The Morgan fingerprint density at radius 3 is 2.55 bits per heavy atom. The lowest BCUT2D eigenvalue weighted by Gasteiger charge is -2.34. The number of halogens is 1. The molecule has 1 aliphatic heterocycles. The Kier molecular flexibility index (Phi) is 8.13. The minimum Gasteiger partial charge on any atom is -0.483 e. The molecule has 1 heterocycles. The van der Waals surface area contributed by atoms with Crippen LogP contribution in [0.25, 0.3) is 0 Å². The fraction of sp³-hybridized carbons (Fsp3) is 0.400.